The number of nitro benzene ring substituents is 1. The number of furan rings is 1. The Hall–Kier alpha value is -3.92. The highest BCUT2D eigenvalue weighted by molar-refractivity contribution is 7.99. The Morgan fingerprint density at radius 3 is 2.78 bits per heavy atom. The van der Waals surface area contributed by atoms with Gasteiger partial charge in [-0.25, -0.2) is 4.98 Å². The van der Waals surface area contributed by atoms with Crippen LogP contribution in [0, 0.1) is 17.0 Å². The molecule has 0 atom stereocenters. The Morgan fingerprint density at radius 1 is 1.22 bits per heavy atom. The van der Waals surface area contributed by atoms with Crippen molar-refractivity contribution in [2.75, 3.05) is 11.1 Å². The number of para-hydroxylation sites is 1. The molecule has 0 saturated carbocycles. The first-order chi connectivity index (χ1) is 15.4. The number of nitrogens with one attached hydrogen (secondary N) is 1. The van der Waals surface area contributed by atoms with E-state index in [4.69, 9.17) is 4.42 Å². The summed E-state index contributed by atoms with van der Waals surface area (Å²) in [6.45, 7) is 1.90. The molecule has 0 aliphatic rings. The zero-order chi connectivity index (χ0) is 22.7. The van der Waals surface area contributed by atoms with Crippen molar-refractivity contribution in [3.8, 4) is 0 Å². The fraction of sp³-hybridized carbons (Fsp3) is 0.136. The summed E-state index contributed by atoms with van der Waals surface area (Å²) in [5.41, 5.74) is 0.924. The third kappa shape index (κ3) is 4.54. The van der Waals surface area contributed by atoms with E-state index in [1.165, 1.54) is 23.0 Å². The van der Waals surface area contributed by atoms with Gasteiger partial charge in [-0.15, -0.1) is 0 Å². The molecule has 1 amide bonds. The predicted molar refractivity (Wildman–Crippen MR) is 121 cm³/mol. The number of carbonyl (C=O) groups excluding carboxylic acids is 1. The van der Waals surface area contributed by atoms with Crippen LogP contribution >= 0.6 is 11.8 Å². The number of nitro groups is 1. The van der Waals surface area contributed by atoms with Crippen molar-refractivity contribution >= 4 is 39.9 Å². The number of hydrogen-bond acceptors (Lipinski definition) is 7. The van der Waals surface area contributed by atoms with E-state index in [9.17, 15) is 19.7 Å². The number of amides is 1. The van der Waals surface area contributed by atoms with Gasteiger partial charge in [0.05, 0.1) is 34.4 Å². The maximum absolute atomic E-state index is 13.1. The molecule has 2 aromatic carbocycles. The molecule has 0 spiro atoms. The lowest BCUT2D eigenvalue weighted by Crippen LogP contribution is -2.24. The van der Waals surface area contributed by atoms with Crippen molar-refractivity contribution in [2.45, 2.75) is 18.6 Å². The average Bonchev–Trinajstić information content (AvgIpc) is 3.29. The van der Waals surface area contributed by atoms with Gasteiger partial charge in [0.15, 0.2) is 5.16 Å². The molecule has 4 rings (SSSR count). The van der Waals surface area contributed by atoms with Crippen LogP contribution in [0.5, 0.6) is 0 Å². The molecule has 4 aromatic rings. The number of anilines is 1. The molecular formula is C22H18N4O5S. The Morgan fingerprint density at radius 2 is 2.03 bits per heavy atom. The number of nitrogens with zero attached hydrogens (tertiary/aromatic N) is 3. The normalized spacial score (nSPS) is 10.9. The topological polar surface area (TPSA) is 120 Å². The summed E-state index contributed by atoms with van der Waals surface area (Å²) in [5, 5.41) is 14.7. The van der Waals surface area contributed by atoms with Gasteiger partial charge in [0, 0.05) is 6.07 Å². The number of benzene rings is 2. The van der Waals surface area contributed by atoms with Gasteiger partial charge in [-0.1, -0.05) is 30.0 Å². The zero-order valence-electron chi connectivity index (χ0n) is 17.0. The third-order valence-corrected chi connectivity index (χ3v) is 5.65. The second-order valence-electron chi connectivity index (χ2n) is 7.00. The number of carbonyl (C=O) groups is 1. The number of aromatic nitrogens is 2. The molecule has 2 heterocycles. The van der Waals surface area contributed by atoms with Crippen LogP contribution in [-0.2, 0) is 11.3 Å². The number of rotatable bonds is 7. The van der Waals surface area contributed by atoms with Crippen LogP contribution in [0.15, 0.2) is 75.2 Å². The highest BCUT2D eigenvalue weighted by Crippen LogP contribution is 2.26. The monoisotopic (exact) mass is 450 g/mol. The predicted octanol–water partition coefficient (Wildman–Crippen LogP) is 3.99. The molecule has 10 heteroatoms. The van der Waals surface area contributed by atoms with Gasteiger partial charge in [-0.2, -0.15) is 0 Å². The van der Waals surface area contributed by atoms with E-state index < -0.39 is 10.8 Å². The lowest BCUT2D eigenvalue weighted by Gasteiger charge is -2.12. The van der Waals surface area contributed by atoms with Gasteiger partial charge in [0.25, 0.3) is 11.2 Å². The molecule has 2 aromatic heterocycles. The maximum atomic E-state index is 13.1. The van der Waals surface area contributed by atoms with Crippen molar-refractivity contribution in [1.29, 1.82) is 0 Å². The van der Waals surface area contributed by atoms with E-state index in [2.05, 4.69) is 10.3 Å². The first-order valence-corrected chi connectivity index (χ1v) is 10.6. The Balaban J connectivity index is 1.59. The van der Waals surface area contributed by atoms with E-state index in [0.717, 1.165) is 11.8 Å². The number of hydrogen-bond donors (Lipinski definition) is 1. The lowest BCUT2D eigenvalue weighted by atomic mass is 10.2. The lowest BCUT2D eigenvalue weighted by molar-refractivity contribution is -0.384. The number of fused-ring (bicyclic) bond motifs is 1. The van der Waals surface area contributed by atoms with E-state index in [1.807, 2.05) is 0 Å². The molecule has 9 nitrogen and oxygen atoms in total. The molecule has 0 bridgehead atoms. The van der Waals surface area contributed by atoms with Crippen molar-refractivity contribution in [3.63, 3.8) is 0 Å². The quantitative estimate of drug-likeness (QED) is 0.196. The van der Waals surface area contributed by atoms with E-state index in [1.54, 1.807) is 49.4 Å². The minimum Gasteiger partial charge on any atom is -0.467 e. The summed E-state index contributed by atoms with van der Waals surface area (Å²) >= 11 is 1.07. The van der Waals surface area contributed by atoms with Crippen LogP contribution in [-0.4, -0.2) is 26.1 Å². The molecule has 1 N–H and O–H groups in total. The summed E-state index contributed by atoms with van der Waals surface area (Å²) in [4.78, 5) is 40.9. The molecule has 32 heavy (non-hydrogen) atoms. The minimum atomic E-state index is -0.540. The first-order valence-electron chi connectivity index (χ1n) is 9.62. The molecule has 0 aliphatic carbocycles. The fourth-order valence-corrected chi connectivity index (χ4v) is 3.97. The average molecular weight is 450 g/mol. The maximum Gasteiger partial charge on any atom is 0.293 e. The summed E-state index contributed by atoms with van der Waals surface area (Å²) < 4.78 is 6.82. The van der Waals surface area contributed by atoms with Crippen LogP contribution in [0.3, 0.4) is 0 Å². The number of aryl methyl sites for hydroxylation is 1. The Labute approximate surface area is 186 Å². The van der Waals surface area contributed by atoms with Crippen LogP contribution in [0.2, 0.25) is 0 Å². The van der Waals surface area contributed by atoms with Crippen molar-refractivity contribution in [1.82, 2.24) is 9.55 Å². The zero-order valence-corrected chi connectivity index (χ0v) is 17.8. The molecule has 0 radical (unpaired) electrons. The fourth-order valence-electron chi connectivity index (χ4n) is 3.17. The standard InChI is InChI=1S/C22H18N4O5S/c1-14-8-9-18(19(11-14)26(29)30)23-20(27)13-32-22-24-17-7-3-2-6-16(17)21(28)25(22)12-15-5-4-10-31-15/h2-11H,12-13H2,1H3,(H,23,27). The second kappa shape index (κ2) is 9.06. The van der Waals surface area contributed by atoms with E-state index >= 15 is 0 Å². The Bertz CT molecular complexity index is 1360. The SMILES string of the molecule is Cc1ccc(NC(=O)CSc2nc3ccccc3c(=O)n2Cc2ccco2)c([N+](=O)[O-])c1. The first kappa shape index (κ1) is 21.3. The van der Waals surface area contributed by atoms with Crippen molar-refractivity contribution < 1.29 is 14.1 Å². The van der Waals surface area contributed by atoms with E-state index in [0.29, 0.717) is 27.4 Å². The molecule has 0 saturated heterocycles. The summed E-state index contributed by atoms with van der Waals surface area (Å²) in [7, 11) is 0. The third-order valence-electron chi connectivity index (χ3n) is 4.68. The Kier molecular flexibility index (Phi) is 6.04. The summed E-state index contributed by atoms with van der Waals surface area (Å²) in [6, 6.07) is 15.0. The van der Waals surface area contributed by atoms with Gasteiger partial charge in [0.2, 0.25) is 5.91 Å². The molecular weight excluding hydrogens is 432 g/mol. The summed E-state index contributed by atoms with van der Waals surface area (Å²) in [6.07, 6.45) is 1.52. The molecule has 162 valence electrons. The highest BCUT2D eigenvalue weighted by atomic mass is 32.2. The van der Waals surface area contributed by atoms with Crippen molar-refractivity contribution in [3.05, 3.63) is 92.7 Å². The summed E-state index contributed by atoms with van der Waals surface area (Å²) in [5.74, 6) is 0.0354. The van der Waals surface area contributed by atoms with Crippen LogP contribution < -0.4 is 10.9 Å². The van der Waals surface area contributed by atoms with Crippen molar-refractivity contribution in [2.24, 2.45) is 0 Å². The molecule has 0 unspecified atom stereocenters. The smallest absolute Gasteiger partial charge is 0.293 e. The van der Waals surface area contributed by atoms with Gasteiger partial charge in [0.1, 0.15) is 11.4 Å². The van der Waals surface area contributed by atoms with Gasteiger partial charge >= 0.3 is 0 Å². The van der Waals surface area contributed by atoms with Gasteiger partial charge < -0.3 is 9.73 Å². The van der Waals surface area contributed by atoms with Crippen LogP contribution in [0.25, 0.3) is 10.9 Å². The molecule has 0 fully saturated rings. The minimum absolute atomic E-state index is 0.0893. The highest BCUT2D eigenvalue weighted by Gasteiger charge is 2.18. The van der Waals surface area contributed by atoms with Crippen LogP contribution in [0.1, 0.15) is 11.3 Å². The van der Waals surface area contributed by atoms with Gasteiger partial charge in [-0.05, 0) is 42.8 Å². The largest absolute Gasteiger partial charge is 0.467 e. The van der Waals surface area contributed by atoms with E-state index in [-0.39, 0.29) is 29.2 Å². The van der Waals surface area contributed by atoms with Crippen LogP contribution in [0.4, 0.5) is 11.4 Å². The molecule has 0 aliphatic heterocycles. The van der Waals surface area contributed by atoms with Gasteiger partial charge in [-0.3, -0.25) is 24.3 Å². The number of thioether (sulfide) groups is 1. The second-order valence-corrected chi connectivity index (χ2v) is 7.94.